The molecule has 0 radical (unpaired) electrons. The van der Waals surface area contributed by atoms with E-state index in [2.05, 4.69) is 41.9 Å². The summed E-state index contributed by atoms with van der Waals surface area (Å²) < 4.78 is 5.23. The molecular formula is C25H31N7O2S. The fourth-order valence-electron chi connectivity index (χ4n) is 3.52. The minimum Gasteiger partial charge on any atom is -0.444 e. The van der Waals surface area contributed by atoms with Gasteiger partial charge in [-0.1, -0.05) is 23.5 Å². The first-order valence-electron chi connectivity index (χ1n) is 11.6. The van der Waals surface area contributed by atoms with Crippen molar-refractivity contribution in [3.63, 3.8) is 0 Å². The van der Waals surface area contributed by atoms with Gasteiger partial charge in [0, 0.05) is 74.8 Å². The number of thiazole rings is 1. The third-order valence-corrected chi connectivity index (χ3v) is 6.05. The molecule has 0 saturated carbocycles. The lowest BCUT2D eigenvalue weighted by Crippen LogP contribution is -2.43. The molecule has 4 rings (SSSR count). The predicted molar refractivity (Wildman–Crippen MR) is 141 cm³/mol. The van der Waals surface area contributed by atoms with Crippen molar-refractivity contribution in [3.05, 3.63) is 54.6 Å². The Hall–Kier alpha value is -3.50. The van der Waals surface area contributed by atoms with Crippen molar-refractivity contribution in [1.29, 1.82) is 0 Å². The van der Waals surface area contributed by atoms with Crippen LogP contribution in [0.1, 0.15) is 26.3 Å². The lowest BCUT2D eigenvalue weighted by atomic mass is 10.2. The number of alkyl carbamates (subject to hydrolysis) is 1. The molecule has 0 spiro atoms. The third kappa shape index (κ3) is 7.49. The molecule has 3 aromatic rings. The molecule has 3 N–H and O–H groups in total. The number of amides is 1. The first kappa shape index (κ1) is 24.6. The van der Waals surface area contributed by atoms with Crippen LogP contribution < -0.4 is 20.9 Å². The molecule has 1 aliphatic rings. The highest BCUT2D eigenvalue weighted by molar-refractivity contribution is 7.18. The molecule has 3 aromatic heterocycles. The van der Waals surface area contributed by atoms with Crippen LogP contribution in [0.15, 0.2) is 49.1 Å². The highest BCUT2D eigenvalue weighted by Crippen LogP contribution is 2.31. The lowest BCUT2D eigenvalue weighted by Gasteiger charge is -2.29. The SMILES string of the molecule is CC(C)(C)OC(=O)NC/C=C/c1cncc(-c2cnc(Nc3cc(N4CCNCC4)ccn3)s2)c1. The Kier molecular flexibility index (Phi) is 7.94. The molecular weight excluding hydrogens is 462 g/mol. The molecule has 35 heavy (non-hydrogen) atoms. The van der Waals surface area contributed by atoms with E-state index in [0.717, 1.165) is 58.8 Å². The molecule has 1 saturated heterocycles. The maximum Gasteiger partial charge on any atom is 0.407 e. The number of anilines is 3. The summed E-state index contributed by atoms with van der Waals surface area (Å²) in [4.78, 5) is 28.4. The molecule has 0 unspecified atom stereocenters. The van der Waals surface area contributed by atoms with Gasteiger partial charge in [0.2, 0.25) is 0 Å². The number of aromatic nitrogens is 3. The maximum absolute atomic E-state index is 11.7. The molecule has 184 valence electrons. The van der Waals surface area contributed by atoms with Crippen LogP contribution in [0.3, 0.4) is 0 Å². The van der Waals surface area contributed by atoms with Gasteiger partial charge in [0.25, 0.3) is 0 Å². The van der Waals surface area contributed by atoms with Crippen LogP contribution in [0.5, 0.6) is 0 Å². The van der Waals surface area contributed by atoms with Crippen molar-refractivity contribution < 1.29 is 9.53 Å². The summed E-state index contributed by atoms with van der Waals surface area (Å²) in [7, 11) is 0. The summed E-state index contributed by atoms with van der Waals surface area (Å²) in [6, 6.07) is 6.14. The van der Waals surface area contributed by atoms with Gasteiger partial charge < -0.3 is 25.6 Å². The van der Waals surface area contributed by atoms with Gasteiger partial charge in [-0.2, -0.15) is 0 Å². The van der Waals surface area contributed by atoms with E-state index in [-0.39, 0.29) is 0 Å². The van der Waals surface area contributed by atoms with Gasteiger partial charge in [-0.25, -0.2) is 14.8 Å². The Balaban J connectivity index is 1.36. The molecule has 0 atom stereocenters. The second kappa shape index (κ2) is 11.3. The number of nitrogens with one attached hydrogen (secondary N) is 3. The first-order valence-corrected chi connectivity index (χ1v) is 12.4. The molecule has 4 heterocycles. The van der Waals surface area contributed by atoms with Crippen LogP contribution in [0.25, 0.3) is 16.5 Å². The Bertz CT molecular complexity index is 1170. The molecule has 1 fully saturated rings. The van der Waals surface area contributed by atoms with Gasteiger partial charge in [0.1, 0.15) is 11.4 Å². The smallest absolute Gasteiger partial charge is 0.407 e. The summed E-state index contributed by atoms with van der Waals surface area (Å²) in [5.74, 6) is 0.772. The van der Waals surface area contributed by atoms with Crippen molar-refractivity contribution in [2.45, 2.75) is 26.4 Å². The van der Waals surface area contributed by atoms with E-state index in [1.807, 2.05) is 63.6 Å². The molecule has 0 bridgehead atoms. The van der Waals surface area contributed by atoms with Gasteiger partial charge in [-0.3, -0.25) is 4.98 Å². The summed E-state index contributed by atoms with van der Waals surface area (Å²) >= 11 is 1.54. The van der Waals surface area contributed by atoms with Gasteiger partial charge in [-0.15, -0.1) is 0 Å². The van der Waals surface area contributed by atoms with E-state index in [0.29, 0.717) is 6.54 Å². The summed E-state index contributed by atoms with van der Waals surface area (Å²) in [5, 5.41) is 10.2. The topological polar surface area (TPSA) is 104 Å². The minimum absolute atomic E-state index is 0.369. The summed E-state index contributed by atoms with van der Waals surface area (Å²) in [6.45, 7) is 9.82. The zero-order chi connectivity index (χ0) is 24.7. The van der Waals surface area contributed by atoms with E-state index in [1.54, 1.807) is 17.5 Å². The zero-order valence-electron chi connectivity index (χ0n) is 20.2. The van der Waals surface area contributed by atoms with Gasteiger partial charge in [-0.05, 0) is 38.5 Å². The summed E-state index contributed by atoms with van der Waals surface area (Å²) in [5.41, 5.74) is 2.55. The van der Waals surface area contributed by atoms with E-state index < -0.39 is 11.7 Å². The van der Waals surface area contributed by atoms with E-state index in [4.69, 9.17) is 4.74 Å². The fraction of sp³-hybridized carbons (Fsp3) is 0.360. The number of piperazine rings is 1. The van der Waals surface area contributed by atoms with E-state index in [1.165, 1.54) is 0 Å². The van der Waals surface area contributed by atoms with Crippen molar-refractivity contribution >= 4 is 40.1 Å². The number of nitrogens with zero attached hydrogens (tertiary/aromatic N) is 4. The van der Waals surface area contributed by atoms with Gasteiger partial charge in [0.15, 0.2) is 5.13 Å². The van der Waals surface area contributed by atoms with Crippen molar-refractivity contribution in [2.24, 2.45) is 0 Å². The fourth-order valence-corrected chi connectivity index (χ4v) is 4.32. The van der Waals surface area contributed by atoms with Crippen LogP contribution in [0, 0.1) is 0 Å². The average molecular weight is 494 g/mol. The standard InChI is InChI=1S/C25H31N7O2S/c1-25(2,3)34-24(33)29-7-4-5-18-13-19(16-27-15-18)21-17-30-23(35-21)31-22-14-20(6-8-28-22)32-11-9-26-10-12-32/h4-6,8,13-17,26H,7,9-12H2,1-3H3,(H,29,33)(H,28,30,31)/b5-4+. The quantitative estimate of drug-likeness (QED) is 0.448. The highest BCUT2D eigenvalue weighted by Gasteiger charge is 2.15. The number of rotatable bonds is 7. The van der Waals surface area contributed by atoms with Crippen LogP contribution in [-0.4, -0.2) is 59.4 Å². The van der Waals surface area contributed by atoms with Crippen molar-refractivity contribution in [3.8, 4) is 10.4 Å². The van der Waals surface area contributed by atoms with Crippen molar-refractivity contribution in [2.75, 3.05) is 42.9 Å². The number of carbonyl (C=O) groups excluding carboxylic acids is 1. The second-order valence-electron chi connectivity index (χ2n) is 9.08. The van der Waals surface area contributed by atoms with Gasteiger partial charge in [0.05, 0.1) is 4.88 Å². The number of hydrogen-bond donors (Lipinski definition) is 3. The molecule has 10 heteroatoms. The third-order valence-electron chi connectivity index (χ3n) is 5.08. The van der Waals surface area contributed by atoms with E-state index in [9.17, 15) is 4.79 Å². The maximum atomic E-state index is 11.7. The average Bonchev–Trinajstić information content (AvgIpc) is 3.30. The molecule has 9 nitrogen and oxygen atoms in total. The minimum atomic E-state index is -0.515. The van der Waals surface area contributed by atoms with E-state index >= 15 is 0 Å². The molecule has 0 aliphatic carbocycles. The van der Waals surface area contributed by atoms with Crippen LogP contribution in [-0.2, 0) is 4.74 Å². The second-order valence-corrected chi connectivity index (χ2v) is 10.1. The number of pyridine rings is 2. The lowest BCUT2D eigenvalue weighted by molar-refractivity contribution is 0.0534. The normalized spacial score (nSPS) is 14.2. The van der Waals surface area contributed by atoms with Crippen LogP contribution in [0.2, 0.25) is 0 Å². The Morgan fingerprint density at radius 1 is 1.20 bits per heavy atom. The predicted octanol–water partition coefficient (Wildman–Crippen LogP) is 4.29. The first-order chi connectivity index (χ1) is 16.9. The van der Waals surface area contributed by atoms with Crippen molar-refractivity contribution in [1.82, 2.24) is 25.6 Å². The number of ether oxygens (including phenoxy) is 1. The molecule has 0 aromatic carbocycles. The van der Waals surface area contributed by atoms with Gasteiger partial charge >= 0.3 is 6.09 Å². The largest absolute Gasteiger partial charge is 0.444 e. The number of carbonyl (C=O) groups is 1. The van der Waals surface area contributed by atoms with Crippen LogP contribution in [0.4, 0.5) is 21.4 Å². The highest BCUT2D eigenvalue weighted by atomic mass is 32.1. The zero-order valence-corrected chi connectivity index (χ0v) is 21.1. The Morgan fingerprint density at radius 2 is 2.03 bits per heavy atom. The monoisotopic (exact) mass is 493 g/mol. The summed E-state index contributed by atoms with van der Waals surface area (Å²) in [6.07, 6.45) is 10.6. The Labute approximate surface area is 209 Å². The molecule has 1 aliphatic heterocycles. The molecule has 1 amide bonds. The Morgan fingerprint density at radius 3 is 2.83 bits per heavy atom. The van der Waals surface area contributed by atoms with Crippen LogP contribution >= 0.6 is 11.3 Å². The number of hydrogen-bond acceptors (Lipinski definition) is 9.